The molecule has 7 nitrogen and oxygen atoms in total. The normalized spacial score (nSPS) is 17.5. The molecule has 0 aromatic carbocycles. The molecule has 0 saturated heterocycles. The molecule has 2 aliphatic rings. The number of aromatic amines is 1. The molecule has 0 aliphatic heterocycles. The Hall–Kier alpha value is -2.83. The third-order valence-electron chi connectivity index (χ3n) is 6.70. The molecule has 3 aromatic rings. The summed E-state index contributed by atoms with van der Waals surface area (Å²) in [7, 11) is 1.81. The van der Waals surface area contributed by atoms with Crippen molar-refractivity contribution < 1.29 is 0 Å². The predicted octanol–water partition coefficient (Wildman–Crippen LogP) is 3.94. The highest BCUT2D eigenvalue weighted by molar-refractivity contribution is 5.85. The molecular formula is C23H28N6O. The molecule has 2 aliphatic carbocycles. The molecule has 7 heteroatoms. The van der Waals surface area contributed by atoms with Crippen LogP contribution in [0.4, 0.5) is 0 Å². The summed E-state index contributed by atoms with van der Waals surface area (Å²) >= 11 is 0. The Labute approximate surface area is 175 Å². The fraction of sp³-hybridized carbons (Fsp3) is 0.522. The maximum atomic E-state index is 12.1. The lowest BCUT2D eigenvalue weighted by Crippen LogP contribution is -2.16. The summed E-state index contributed by atoms with van der Waals surface area (Å²) in [6, 6.07) is 3.60. The zero-order valence-corrected chi connectivity index (χ0v) is 17.5. The summed E-state index contributed by atoms with van der Waals surface area (Å²) in [5.74, 6) is 1.11. The van der Waals surface area contributed by atoms with Crippen LogP contribution in [0, 0.1) is 0 Å². The Balaban J connectivity index is 1.83. The molecule has 0 unspecified atom stereocenters. The standard InChI is InChI=1S/C23H28N6O/c1-29-14-16(12-13-19(29)30)20-17-10-6-3-7-11-18(17)24-22(15-8-4-2-5-9-15)21(20)23-25-27-28-26-23/h12-15H,2-11H2,1H3,(H,25,26,27,28). The van der Waals surface area contributed by atoms with Crippen LogP contribution in [-0.4, -0.2) is 30.2 Å². The van der Waals surface area contributed by atoms with E-state index in [1.54, 1.807) is 10.6 Å². The molecule has 0 amide bonds. The molecule has 0 spiro atoms. The van der Waals surface area contributed by atoms with E-state index in [0.717, 1.165) is 54.5 Å². The number of fused-ring (bicyclic) bond motifs is 1. The van der Waals surface area contributed by atoms with Crippen LogP contribution in [0.5, 0.6) is 0 Å². The second-order valence-corrected chi connectivity index (χ2v) is 8.68. The van der Waals surface area contributed by atoms with Gasteiger partial charge >= 0.3 is 0 Å². The zero-order valence-electron chi connectivity index (χ0n) is 17.5. The van der Waals surface area contributed by atoms with E-state index in [9.17, 15) is 4.79 Å². The molecule has 0 bridgehead atoms. The minimum absolute atomic E-state index is 0.00529. The van der Waals surface area contributed by atoms with Crippen LogP contribution in [0.1, 0.15) is 74.2 Å². The maximum absolute atomic E-state index is 12.1. The number of aromatic nitrogens is 6. The molecule has 3 heterocycles. The molecule has 0 atom stereocenters. The number of aryl methyl sites for hydroxylation is 2. The van der Waals surface area contributed by atoms with Gasteiger partial charge in [0.15, 0.2) is 5.82 Å². The minimum atomic E-state index is -0.00529. The number of nitrogens with one attached hydrogen (secondary N) is 1. The lowest BCUT2D eigenvalue weighted by molar-refractivity contribution is 0.436. The van der Waals surface area contributed by atoms with E-state index in [1.807, 2.05) is 19.3 Å². The van der Waals surface area contributed by atoms with E-state index in [2.05, 4.69) is 20.6 Å². The number of nitrogens with zero attached hydrogens (tertiary/aromatic N) is 5. The molecule has 0 radical (unpaired) electrons. The molecule has 1 N–H and O–H groups in total. The lowest BCUT2D eigenvalue weighted by Gasteiger charge is -2.27. The quantitative estimate of drug-likeness (QED) is 0.668. The summed E-state index contributed by atoms with van der Waals surface area (Å²) in [6.45, 7) is 0. The van der Waals surface area contributed by atoms with Crippen molar-refractivity contribution in [3.63, 3.8) is 0 Å². The second kappa shape index (κ2) is 8.13. The highest BCUT2D eigenvalue weighted by Gasteiger charge is 2.29. The zero-order chi connectivity index (χ0) is 20.5. The first kappa shape index (κ1) is 19.2. The van der Waals surface area contributed by atoms with Crippen LogP contribution < -0.4 is 5.56 Å². The van der Waals surface area contributed by atoms with Gasteiger partial charge in [0.2, 0.25) is 5.56 Å². The van der Waals surface area contributed by atoms with Crippen LogP contribution in [0.3, 0.4) is 0 Å². The fourth-order valence-corrected chi connectivity index (χ4v) is 5.18. The minimum Gasteiger partial charge on any atom is -0.318 e. The number of hydrogen-bond acceptors (Lipinski definition) is 5. The van der Waals surface area contributed by atoms with Gasteiger partial charge in [0.05, 0.1) is 11.3 Å². The van der Waals surface area contributed by atoms with Crippen molar-refractivity contribution in [2.45, 2.75) is 70.1 Å². The van der Waals surface area contributed by atoms with Crippen LogP contribution in [-0.2, 0) is 19.9 Å². The maximum Gasteiger partial charge on any atom is 0.250 e. The number of H-pyrrole nitrogens is 1. The van der Waals surface area contributed by atoms with Crippen molar-refractivity contribution in [2.75, 3.05) is 0 Å². The highest BCUT2D eigenvalue weighted by atomic mass is 16.1. The lowest BCUT2D eigenvalue weighted by atomic mass is 9.81. The molecule has 1 saturated carbocycles. The van der Waals surface area contributed by atoms with Crippen LogP contribution in [0.2, 0.25) is 0 Å². The highest BCUT2D eigenvalue weighted by Crippen LogP contribution is 2.44. The van der Waals surface area contributed by atoms with Crippen molar-refractivity contribution >= 4 is 0 Å². The van der Waals surface area contributed by atoms with E-state index in [0.29, 0.717) is 11.7 Å². The Bertz CT molecular complexity index is 1100. The first-order valence-electron chi connectivity index (χ1n) is 11.2. The second-order valence-electron chi connectivity index (χ2n) is 8.68. The van der Waals surface area contributed by atoms with Gasteiger partial charge in [-0.05, 0) is 66.1 Å². The van der Waals surface area contributed by atoms with Crippen LogP contribution in [0.15, 0.2) is 23.1 Å². The van der Waals surface area contributed by atoms with Crippen LogP contribution in [0.25, 0.3) is 22.5 Å². The van der Waals surface area contributed by atoms with Gasteiger partial charge in [0.1, 0.15) is 0 Å². The van der Waals surface area contributed by atoms with Gasteiger partial charge < -0.3 is 4.57 Å². The van der Waals surface area contributed by atoms with E-state index >= 15 is 0 Å². The molecule has 1 fully saturated rings. The number of rotatable bonds is 3. The third kappa shape index (κ3) is 3.46. The van der Waals surface area contributed by atoms with Gasteiger partial charge in [-0.3, -0.25) is 9.78 Å². The monoisotopic (exact) mass is 404 g/mol. The summed E-state index contributed by atoms with van der Waals surface area (Å²) in [6.07, 6.45) is 13.6. The van der Waals surface area contributed by atoms with Crippen LogP contribution >= 0.6 is 0 Å². The SMILES string of the molecule is Cn1cc(-c2c3c(nc(C4CCCCC4)c2-c2nnn[nH]2)CCCCC3)ccc1=O. The van der Waals surface area contributed by atoms with Gasteiger partial charge in [-0.25, -0.2) is 5.10 Å². The van der Waals surface area contributed by atoms with E-state index in [1.165, 1.54) is 43.4 Å². The first-order valence-corrected chi connectivity index (χ1v) is 11.2. The van der Waals surface area contributed by atoms with Gasteiger partial charge in [-0.1, -0.05) is 25.7 Å². The van der Waals surface area contributed by atoms with Gasteiger partial charge in [0.25, 0.3) is 0 Å². The van der Waals surface area contributed by atoms with E-state index < -0.39 is 0 Å². The van der Waals surface area contributed by atoms with Crippen molar-refractivity contribution in [2.24, 2.45) is 7.05 Å². The fourth-order valence-electron chi connectivity index (χ4n) is 5.18. The third-order valence-corrected chi connectivity index (χ3v) is 6.70. The largest absolute Gasteiger partial charge is 0.318 e. The van der Waals surface area contributed by atoms with Gasteiger partial charge in [-0.2, -0.15) is 0 Å². The van der Waals surface area contributed by atoms with E-state index in [4.69, 9.17) is 4.98 Å². The smallest absolute Gasteiger partial charge is 0.250 e. The summed E-state index contributed by atoms with van der Waals surface area (Å²) in [5, 5.41) is 15.1. The molecule has 3 aromatic heterocycles. The Morgan fingerprint density at radius 2 is 1.80 bits per heavy atom. The first-order chi connectivity index (χ1) is 14.7. The Morgan fingerprint density at radius 1 is 1.00 bits per heavy atom. The van der Waals surface area contributed by atoms with Crippen molar-refractivity contribution in [3.8, 4) is 22.5 Å². The average Bonchev–Trinajstić information content (AvgIpc) is 3.20. The average molecular weight is 405 g/mol. The number of hydrogen-bond donors (Lipinski definition) is 1. The topological polar surface area (TPSA) is 89.3 Å². The molecule has 156 valence electrons. The van der Waals surface area contributed by atoms with Crippen molar-refractivity contribution in [3.05, 3.63) is 45.6 Å². The van der Waals surface area contributed by atoms with Crippen molar-refractivity contribution in [1.29, 1.82) is 0 Å². The summed E-state index contributed by atoms with van der Waals surface area (Å²) in [4.78, 5) is 17.4. The van der Waals surface area contributed by atoms with Gasteiger partial charge in [0, 0.05) is 36.5 Å². The Kier molecular flexibility index (Phi) is 5.19. The number of pyridine rings is 2. The Morgan fingerprint density at radius 3 is 2.57 bits per heavy atom. The number of tetrazole rings is 1. The van der Waals surface area contributed by atoms with Crippen molar-refractivity contribution in [1.82, 2.24) is 30.2 Å². The molecular weight excluding hydrogens is 376 g/mol. The summed E-state index contributed by atoms with van der Waals surface area (Å²) < 4.78 is 1.65. The molecule has 5 rings (SSSR count). The van der Waals surface area contributed by atoms with Gasteiger partial charge in [-0.15, -0.1) is 5.10 Å². The molecule has 30 heavy (non-hydrogen) atoms. The van der Waals surface area contributed by atoms with E-state index in [-0.39, 0.29) is 5.56 Å². The summed E-state index contributed by atoms with van der Waals surface area (Å²) in [5.41, 5.74) is 6.90. The predicted molar refractivity (Wildman–Crippen MR) is 115 cm³/mol.